The summed E-state index contributed by atoms with van der Waals surface area (Å²) >= 11 is 0. The second kappa shape index (κ2) is 14.3. The first-order valence-corrected chi connectivity index (χ1v) is 19.5. The SMILES string of the molecule is C=CC(=O)N1CCCC1c1cnc(N2C[C@H](CS(C)(=O)=O)[C@H]2C)c2cnc(Nc3ccnc(N4CC[C@@H](OC5CCOCC5)[C@@H](F)C4)n3)cc12. The van der Waals surface area contributed by atoms with Crippen LogP contribution in [0.3, 0.4) is 0 Å². The fourth-order valence-corrected chi connectivity index (χ4v) is 8.86. The minimum absolute atomic E-state index is 0.0101. The molecule has 4 fully saturated rings. The standard InChI is InChI=1S/C35H45FN8O5S/c1-4-33(45)43-12-5-6-29(43)26-17-39-34(44-19-23(22(44)2)21-50(3,46)47)27-18-38-32(16-25(26)27)40-31-7-11-37-35(41-31)42-13-8-30(28(36)20-42)49-24-9-14-48-15-10-24/h4,7,11,16-18,22-24,28-30H,1,5-6,8-10,12-15,19-21H2,2-3H3,(H,37,38,40,41)/t22-,23-,28+,29?,30-/m1/s1. The molecule has 15 heteroatoms. The van der Waals surface area contributed by atoms with E-state index in [0.29, 0.717) is 56.9 Å². The summed E-state index contributed by atoms with van der Waals surface area (Å²) in [5.74, 6) is 2.22. The first-order valence-electron chi connectivity index (χ1n) is 17.5. The Labute approximate surface area is 292 Å². The number of aromatic nitrogens is 4. The third-order valence-electron chi connectivity index (χ3n) is 10.4. The number of piperidine rings is 1. The summed E-state index contributed by atoms with van der Waals surface area (Å²) in [5.41, 5.74) is 0.908. The molecule has 268 valence electrons. The number of halogens is 1. The van der Waals surface area contributed by atoms with E-state index >= 15 is 4.39 Å². The lowest BCUT2D eigenvalue weighted by atomic mass is 9.90. The molecule has 5 atom stereocenters. The van der Waals surface area contributed by atoms with Crippen molar-refractivity contribution in [3.05, 3.63) is 48.9 Å². The van der Waals surface area contributed by atoms with Crippen molar-refractivity contribution in [1.29, 1.82) is 0 Å². The Morgan fingerprint density at radius 1 is 1.10 bits per heavy atom. The quantitative estimate of drug-likeness (QED) is 0.304. The highest BCUT2D eigenvalue weighted by Crippen LogP contribution is 2.41. The highest BCUT2D eigenvalue weighted by molar-refractivity contribution is 7.90. The minimum atomic E-state index is -3.11. The predicted molar refractivity (Wildman–Crippen MR) is 189 cm³/mol. The van der Waals surface area contributed by atoms with Gasteiger partial charge in [0.2, 0.25) is 11.9 Å². The number of pyridine rings is 2. The van der Waals surface area contributed by atoms with Crippen molar-refractivity contribution in [2.24, 2.45) is 5.92 Å². The number of rotatable bonds is 10. The molecule has 1 N–H and O–H groups in total. The number of sulfone groups is 1. The van der Waals surface area contributed by atoms with Crippen molar-refractivity contribution in [2.45, 2.75) is 69.5 Å². The lowest BCUT2D eigenvalue weighted by molar-refractivity contribution is -0.126. The molecule has 7 heterocycles. The molecule has 0 bridgehead atoms. The van der Waals surface area contributed by atoms with Crippen LogP contribution in [-0.4, -0.2) is 115 Å². The van der Waals surface area contributed by atoms with Crippen LogP contribution in [0.5, 0.6) is 0 Å². The number of carbonyl (C=O) groups excluding carboxylic acids is 1. The van der Waals surface area contributed by atoms with E-state index in [0.717, 1.165) is 47.8 Å². The van der Waals surface area contributed by atoms with Gasteiger partial charge in [0.1, 0.15) is 33.5 Å². The fraction of sp³-hybridized carbons (Fsp3) is 0.571. The molecule has 1 unspecified atom stereocenters. The summed E-state index contributed by atoms with van der Waals surface area (Å²) in [7, 11) is -3.11. The molecule has 4 aliphatic rings. The van der Waals surface area contributed by atoms with Gasteiger partial charge in [0.15, 0.2) is 0 Å². The lowest BCUT2D eigenvalue weighted by Gasteiger charge is -2.47. The molecule has 4 saturated heterocycles. The Kier molecular flexibility index (Phi) is 9.90. The van der Waals surface area contributed by atoms with Gasteiger partial charge in [0, 0.05) is 80.6 Å². The average Bonchev–Trinajstić information content (AvgIpc) is 3.60. The van der Waals surface area contributed by atoms with Crippen LogP contribution in [0.1, 0.15) is 50.6 Å². The predicted octanol–water partition coefficient (Wildman–Crippen LogP) is 3.99. The van der Waals surface area contributed by atoms with Crippen LogP contribution in [0.25, 0.3) is 10.8 Å². The van der Waals surface area contributed by atoms with Crippen LogP contribution in [0.2, 0.25) is 0 Å². The summed E-state index contributed by atoms with van der Waals surface area (Å²) in [6, 6.07) is 3.50. The monoisotopic (exact) mass is 708 g/mol. The number of nitrogens with one attached hydrogen (secondary N) is 1. The Morgan fingerprint density at radius 2 is 1.92 bits per heavy atom. The van der Waals surface area contributed by atoms with E-state index in [1.165, 1.54) is 12.3 Å². The van der Waals surface area contributed by atoms with Crippen LogP contribution >= 0.6 is 0 Å². The normalized spacial score (nSPS) is 26.2. The van der Waals surface area contributed by atoms with E-state index in [4.69, 9.17) is 24.4 Å². The highest BCUT2D eigenvalue weighted by Gasteiger charge is 2.40. The molecule has 0 saturated carbocycles. The second-order valence-corrected chi connectivity index (χ2v) is 16.1. The van der Waals surface area contributed by atoms with E-state index in [-0.39, 0.29) is 42.3 Å². The van der Waals surface area contributed by atoms with Crippen molar-refractivity contribution in [3.8, 4) is 0 Å². The largest absolute Gasteiger partial charge is 0.381 e. The van der Waals surface area contributed by atoms with Crippen LogP contribution in [-0.2, 0) is 24.1 Å². The second-order valence-electron chi connectivity index (χ2n) is 13.9. The van der Waals surface area contributed by atoms with E-state index in [2.05, 4.69) is 21.8 Å². The zero-order valence-electron chi connectivity index (χ0n) is 28.6. The molecule has 7 rings (SSSR count). The number of carbonyl (C=O) groups is 1. The summed E-state index contributed by atoms with van der Waals surface area (Å²) in [4.78, 5) is 37.4. The Morgan fingerprint density at radius 3 is 2.66 bits per heavy atom. The van der Waals surface area contributed by atoms with Gasteiger partial charge in [-0.05, 0) is 62.6 Å². The molecule has 3 aromatic heterocycles. The molecule has 1 amide bonds. The van der Waals surface area contributed by atoms with Gasteiger partial charge in [-0.1, -0.05) is 6.58 Å². The smallest absolute Gasteiger partial charge is 0.246 e. The van der Waals surface area contributed by atoms with Crippen molar-refractivity contribution in [2.75, 3.05) is 66.5 Å². The summed E-state index contributed by atoms with van der Waals surface area (Å²) in [5, 5.41) is 5.02. The van der Waals surface area contributed by atoms with Gasteiger partial charge in [-0.2, -0.15) is 4.98 Å². The van der Waals surface area contributed by atoms with Gasteiger partial charge in [0.25, 0.3) is 0 Å². The molecular formula is C35H45FN8O5S. The molecule has 0 aromatic carbocycles. The zero-order valence-corrected chi connectivity index (χ0v) is 29.4. The summed E-state index contributed by atoms with van der Waals surface area (Å²) in [6.45, 7) is 8.95. The third kappa shape index (κ3) is 7.26. The molecule has 13 nitrogen and oxygen atoms in total. The maximum atomic E-state index is 15.3. The first-order chi connectivity index (χ1) is 24.1. The average molecular weight is 709 g/mol. The number of likely N-dealkylation sites (tertiary alicyclic amines) is 1. The Balaban J connectivity index is 1.13. The van der Waals surface area contributed by atoms with Crippen LogP contribution < -0.4 is 15.1 Å². The number of ether oxygens (including phenoxy) is 2. The molecular weight excluding hydrogens is 664 g/mol. The molecule has 3 aromatic rings. The Hall–Kier alpha value is -3.95. The van der Waals surface area contributed by atoms with Gasteiger partial charge >= 0.3 is 0 Å². The number of alkyl halides is 1. The number of hydrogen-bond acceptors (Lipinski definition) is 12. The fourth-order valence-electron chi connectivity index (χ4n) is 7.70. The van der Waals surface area contributed by atoms with Crippen LogP contribution in [0, 0.1) is 5.92 Å². The van der Waals surface area contributed by atoms with Gasteiger partial charge in [-0.15, -0.1) is 0 Å². The number of anilines is 4. The van der Waals surface area contributed by atoms with Gasteiger partial charge in [-0.25, -0.2) is 27.8 Å². The van der Waals surface area contributed by atoms with Crippen molar-refractivity contribution in [1.82, 2.24) is 24.8 Å². The molecule has 0 spiro atoms. The van der Waals surface area contributed by atoms with Gasteiger partial charge in [0.05, 0.1) is 30.5 Å². The number of nitrogens with zero attached hydrogens (tertiary/aromatic N) is 7. The maximum Gasteiger partial charge on any atom is 0.246 e. The molecule has 50 heavy (non-hydrogen) atoms. The zero-order chi connectivity index (χ0) is 35.0. The van der Waals surface area contributed by atoms with Gasteiger partial charge < -0.3 is 29.5 Å². The molecule has 4 aliphatic heterocycles. The van der Waals surface area contributed by atoms with E-state index < -0.39 is 22.1 Å². The van der Waals surface area contributed by atoms with Crippen LogP contribution in [0.15, 0.2) is 43.4 Å². The topological polar surface area (TPSA) is 143 Å². The Bertz CT molecular complexity index is 1840. The molecule has 0 radical (unpaired) electrons. The highest BCUT2D eigenvalue weighted by atomic mass is 32.2. The lowest BCUT2D eigenvalue weighted by Crippen LogP contribution is -2.57. The third-order valence-corrected chi connectivity index (χ3v) is 11.5. The summed E-state index contributed by atoms with van der Waals surface area (Å²) < 4.78 is 50.8. The van der Waals surface area contributed by atoms with Crippen molar-refractivity contribution < 1.29 is 27.1 Å². The van der Waals surface area contributed by atoms with Crippen molar-refractivity contribution >= 4 is 49.9 Å². The maximum absolute atomic E-state index is 15.3. The summed E-state index contributed by atoms with van der Waals surface area (Å²) in [6.07, 6.45) is 10.1. The number of amides is 1. The number of fused-ring (bicyclic) bond motifs is 1. The minimum Gasteiger partial charge on any atom is -0.381 e. The van der Waals surface area contributed by atoms with E-state index in [1.54, 1.807) is 18.5 Å². The van der Waals surface area contributed by atoms with Crippen LogP contribution in [0.4, 0.5) is 27.8 Å². The van der Waals surface area contributed by atoms with E-state index in [1.807, 2.05) is 29.0 Å². The molecule has 0 aliphatic carbocycles. The first kappa shape index (κ1) is 34.5. The van der Waals surface area contributed by atoms with Gasteiger partial charge in [-0.3, -0.25) is 4.79 Å². The van der Waals surface area contributed by atoms with E-state index in [9.17, 15) is 13.2 Å². The van der Waals surface area contributed by atoms with Crippen molar-refractivity contribution in [3.63, 3.8) is 0 Å². The number of hydrogen-bond donors (Lipinski definition) is 1.